The van der Waals surface area contributed by atoms with Crippen molar-refractivity contribution in [3.63, 3.8) is 0 Å². The van der Waals surface area contributed by atoms with Crippen molar-refractivity contribution >= 4 is 24.8 Å². The summed E-state index contributed by atoms with van der Waals surface area (Å²) < 4.78 is 4.40. The Bertz CT molecular complexity index is 683. The third-order valence-electron chi connectivity index (χ3n) is 5.46. The van der Waals surface area contributed by atoms with Crippen molar-refractivity contribution in [3.8, 4) is 11.5 Å². The number of nitrogens with one attached hydrogen (secondary N) is 1. The topological polar surface area (TPSA) is 54.2 Å². The average molecular weight is 416 g/mol. The summed E-state index contributed by atoms with van der Waals surface area (Å²) in [6.07, 6.45) is 5.11. The number of piperazine rings is 1. The molecule has 0 saturated carbocycles. The van der Waals surface area contributed by atoms with E-state index in [2.05, 4.69) is 55.6 Å². The molecule has 1 fully saturated rings. The monoisotopic (exact) mass is 415 g/mol. The summed E-state index contributed by atoms with van der Waals surface area (Å²) in [5.74, 6) is 0.988. The van der Waals surface area contributed by atoms with Crippen molar-refractivity contribution in [1.82, 2.24) is 34.4 Å². The van der Waals surface area contributed by atoms with Gasteiger partial charge < -0.3 is 14.8 Å². The first kappa shape index (κ1) is 22.2. The van der Waals surface area contributed by atoms with Gasteiger partial charge in [-0.05, 0) is 33.0 Å². The van der Waals surface area contributed by atoms with Gasteiger partial charge in [0.2, 0.25) is 0 Å². The van der Waals surface area contributed by atoms with Gasteiger partial charge in [0.25, 0.3) is 0 Å². The molecule has 0 spiro atoms. The van der Waals surface area contributed by atoms with Crippen LogP contribution in [0.2, 0.25) is 0 Å². The van der Waals surface area contributed by atoms with Gasteiger partial charge in [0.1, 0.15) is 5.69 Å². The first-order chi connectivity index (χ1) is 12.2. The molecule has 2 aromatic heterocycles. The Labute approximate surface area is 173 Å². The molecule has 7 nitrogen and oxygen atoms in total. The minimum Gasteiger partial charge on any atom is -0.328 e. The van der Waals surface area contributed by atoms with Crippen LogP contribution in [0, 0.1) is 0 Å². The highest BCUT2D eigenvalue weighted by Crippen LogP contribution is 2.20. The van der Waals surface area contributed by atoms with Crippen molar-refractivity contribution in [2.75, 3.05) is 39.8 Å². The number of halogens is 2. The fraction of sp³-hybridized carbons (Fsp3) is 0.667. The van der Waals surface area contributed by atoms with Crippen molar-refractivity contribution in [2.45, 2.75) is 39.0 Å². The van der Waals surface area contributed by atoms with E-state index >= 15 is 0 Å². The van der Waals surface area contributed by atoms with Gasteiger partial charge in [-0.2, -0.15) is 5.10 Å². The molecule has 2 aromatic rings. The normalized spacial score (nSPS) is 19.5. The van der Waals surface area contributed by atoms with Gasteiger partial charge in [-0.15, -0.1) is 24.8 Å². The Hall–Kier alpha value is -1.12. The van der Waals surface area contributed by atoms with Gasteiger partial charge in [0.05, 0.1) is 5.69 Å². The molecule has 9 heteroatoms. The Kier molecular flexibility index (Phi) is 8.12. The quantitative estimate of drug-likeness (QED) is 0.823. The molecule has 2 aliphatic rings. The zero-order valence-corrected chi connectivity index (χ0v) is 17.8. The first-order valence-electron chi connectivity index (χ1n) is 9.42. The number of likely N-dealkylation sites (N-methyl/N-ethyl adjacent to an activating group) is 1. The molecule has 0 bridgehead atoms. The number of nitrogens with zero attached hydrogens (tertiary/aromatic N) is 6. The predicted octanol–water partition coefficient (Wildman–Crippen LogP) is 1.72. The van der Waals surface area contributed by atoms with Crippen molar-refractivity contribution in [3.05, 3.63) is 24.2 Å². The van der Waals surface area contributed by atoms with E-state index in [1.165, 1.54) is 5.69 Å². The van der Waals surface area contributed by atoms with E-state index in [1.54, 1.807) is 0 Å². The number of aromatic nitrogens is 4. The molecular weight excluding hydrogens is 385 g/mol. The highest BCUT2D eigenvalue weighted by Gasteiger charge is 2.21. The van der Waals surface area contributed by atoms with Gasteiger partial charge >= 0.3 is 0 Å². The smallest absolute Gasteiger partial charge is 0.160 e. The number of hydrogen-bond donors (Lipinski definition) is 1. The second kappa shape index (κ2) is 9.89. The van der Waals surface area contributed by atoms with Crippen LogP contribution >= 0.6 is 24.8 Å². The van der Waals surface area contributed by atoms with Crippen molar-refractivity contribution in [2.24, 2.45) is 0 Å². The summed E-state index contributed by atoms with van der Waals surface area (Å²) in [6.45, 7) is 10.8. The lowest BCUT2D eigenvalue weighted by Crippen LogP contribution is -2.49. The van der Waals surface area contributed by atoms with Crippen LogP contribution in [0.1, 0.15) is 19.0 Å². The minimum absolute atomic E-state index is 0. The van der Waals surface area contributed by atoms with E-state index in [9.17, 15) is 0 Å². The largest absolute Gasteiger partial charge is 0.328 e. The number of fused-ring (bicyclic) bond motifs is 1. The van der Waals surface area contributed by atoms with Crippen LogP contribution in [0.25, 0.3) is 11.5 Å². The molecule has 1 saturated heterocycles. The van der Waals surface area contributed by atoms with Gasteiger partial charge in [-0.25, -0.2) is 4.98 Å². The van der Waals surface area contributed by atoms with Crippen LogP contribution in [-0.2, 0) is 19.6 Å². The minimum atomic E-state index is 0. The van der Waals surface area contributed by atoms with Crippen LogP contribution in [-0.4, -0.2) is 74.9 Å². The molecule has 1 N–H and O–H groups in total. The summed E-state index contributed by atoms with van der Waals surface area (Å²) in [5.41, 5.74) is 2.25. The molecular formula is C18H31Cl2N7. The molecule has 4 rings (SSSR count). The SMILES string of the molecule is CC(Cn1ccnc1-c1cc2n(n1)CCCNC2)N1CCN(C)CC1.Cl.Cl. The highest BCUT2D eigenvalue weighted by atomic mass is 35.5. The highest BCUT2D eigenvalue weighted by molar-refractivity contribution is 5.85. The van der Waals surface area contributed by atoms with E-state index in [4.69, 9.17) is 5.10 Å². The van der Waals surface area contributed by atoms with Crippen LogP contribution in [0.4, 0.5) is 0 Å². The third-order valence-corrected chi connectivity index (χ3v) is 5.46. The maximum absolute atomic E-state index is 4.82. The second-order valence-electron chi connectivity index (χ2n) is 7.37. The molecule has 0 aliphatic carbocycles. The molecule has 1 atom stereocenters. The standard InChI is InChI=1S/C18H29N7.2ClH/c1-15(23-10-8-22(2)9-11-23)14-24-7-5-20-18(24)17-12-16-13-19-4-3-6-25(16)21-17;;/h5,7,12,15,19H,3-4,6,8-11,13-14H2,1-2H3;2*1H. The van der Waals surface area contributed by atoms with Gasteiger partial charge in [-0.3, -0.25) is 9.58 Å². The summed E-state index contributed by atoms with van der Waals surface area (Å²) in [7, 11) is 2.20. The summed E-state index contributed by atoms with van der Waals surface area (Å²) in [4.78, 5) is 9.58. The third kappa shape index (κ3) is 5.03. The van der Waals surface area contributed by atoms with E-state index in [0.29, 0.717) is 6.04 Å². The number of hydrogen-bond acceptors (Lipinski definition) is 5. The van der Waals surface area contributed by atoms with Crippen LogP contribution < -0.4 is 5.32 Å². The summed E-state index contributed by atoms with van der Waals surface area (Å²) in [6, 6.07) is 2.70. The number of imidazole rings is 1. The number of rotatable bonds is 4. The summed E-state index contributed by atoms with van der Waals surface area (Å²) >= 11 is 0. The lowest BCUT2D eigenvalue weighted by molar-refractivity contribution is 0.111. The molecule has 4 heterocycles. The van der Waals surface area contributed by atoms with E-state index in [-0.39, 0.29) is 24.8 Å². The Balaban J connectivity index is 0.00000131. The van der Waals surface area contributed by atoms with Crippen LogP contribution in [0.3, 0.4) is 0 Å². The molecule has 152 valence electrons. The van der Waals surface area contributed by atoms with Crippen LogP contribution in [0.5, 0.6) is 0 Å². The first-order valence-corrected chi connectivity index (χ1v) is 9.42. The average Bonchev–Trinajstić information content (AvgIpc) is 3.17. The fourth-order valence-corrected chi connectivity index (χ4v) is 3.82. The fourth-order valence-electron chi connectivity index (χ4n) is 3.82. The Morgan fingerprint density at radius 2 is 1.93 bits per heavy atom. The Morgan fingerprint density at radius 1 is 1.15 bits per heavy atom. The Morgan fingerprint density at radius 3 is 2.70 bits per heavy atom. The van der Waals surface area contributed by atoms with E-state index in [0.717, 1.165) is 70.3 Å². The zero-order chi connectivity index (χ0) is 17.2. The van der Waals surface area contributed by atoms with Crippen LogP contribution in [0.15, 0.2) is 18.5 Å². The zero-order valence-electron chi connectivity index (χ0n) is 16.2. The maximum atomic E-state index is 4.82. The lowest BCUT2D eigenvalue weighted by Gasteiger charge is -2.36. The van der Waals surface area contributed by atoms with Gasteiger partial charge in [-0.1, -0.05) is 0 Å². The molecule has 0 aromatic carbocycles. The maximum Gasteiger partial charge on any atom is 0.160 e. The van der Waals surface area contributed by atoms with Crippen molar-refractivity contribution < 1.29 is 0 Å². The molecule has 1 unspecified atom stereocenters. The van der Waals surface area contributed by atoms with E-state index in [1.807, 2.05) is 6.20 Å². The van der Waals surface area contributed by atoms with Crippen molar-refractivity contribution in [1.29, 1.82) is 0 Å². The lowest BCUT2D eigenvalue weighted by atomic mass is 10.2. The van der Waals surface area contributed by atoms with E-state index < -0.39 is 0 Å². The molecule has 0 radical (unpaired) electrons. The molecule has 0 amide bonds. The molecule has 2 aliphatic heterocycles. The summed E-state index contributed by atoms with van der Waals surface area (Å²) in [5, 5.41) is 8.27. The van der Waals surface area contributed by atoms with Gasteiger partial charge in [0, 0.05) is 64.2 Å². The molecule has 27 heavy (non-hydrogen) atoms. The predicted molar refractivity (Wildman–Crippen MR) is 113 cm³/mol. The van der Waals surface area contributed by atoms with Gasteiger partial charge in [0.15, 0.2) is 5.82 Å². The number of aryl methyl sites for hydroxylation is 1. The second-order valence-corrected chi connectivity index (χ2v) is 7.37.